The summed E-state index contributed by atoms with van der Waals surface area (Å²) in [5.74, 6) is 0.895. The second-order valence-electron chi connectivity index (χ2n) is 4.84. The molecule has 0 unspecified atom stereocenters. The summed E-state index contributed by atoms with van der Waals surface area (Å²) in [4.78, 5) is 6.64. The van der Waals surface area contributed by atoms with Crippen LogP contribution in [0.3, 0.4) is 0 Å². The van der Waals surface area contributed by atoms with E-state index in [0.29, 0.717) is 6.61 Å². The van der Waals surface area contributed by atoms with Gasteiger partial charge < -0.3 is 15.0 Å². The van der Waals surface area contributed by atoms with Gasteiger partial charge in [-0.05, 0) is 24.3 Å². The molecular formula is C16H19N3O. The molecule has 0 radical (unpaired) electrons. The minimum absolute atomic E-state index is 0.506. The number of benzene rings is 1. The van der Waals surface area contributed by atoms with Crippen LogP contribution in [-0.4, -0.2) is 31.2 Å². The Morgan fingerprint density at radius 3 is 2.80 bits per heavy atom. The van der Waals surface area contributed by atoms with Crippen LogP contribution in [0.2, 0.25) is 0 Å². The van der Waals surface area contributed by atoms with Gasteiger partial charge in [0.25, 0.3) is 0 Å². The monoisotopic (exact) mass is 269 g/mol. The Hall–Kier alpha value is -2.07. The molecule has 4 nitrogen and oxygen atoms in total. The van der Waals surface area contributed by atoms with Gasteiger partial charge in [0.1, 0.15) is 12.4 Å². The highest BCUT2D eigenvalue weighted by Gasteiger charge is 2.10. The van der Waals surface area contributed by atoms with Gasteiger partial charge in [0, 0.05) is 44.1 Å². The third kappa shape index (κ3) is 3.27. The standard InChI is InChI=1S/C16H19N3O/c1-2-7-18-14(4-1)13-20-16-6-3-5-15(12-16)19-10-8-17-9-11-19/h1-7,12,17H,8-11,13H2. The normalized spacial score (nSPS) is 15.1. The van der Waals surface area contributed by atoms with Crippen molar-refractivity contribution in [3.05, 3.63) is 54.4 Å². The Morgan fingerprint density at radius 2 is 2.00 bits per heavy atom. The SMILES string of the molecule is c1ccc(COc2cccc(N3CCNCC3)c2)nc1. The number of ether oxygens (including phenoxy) is 1. The van der Waals surface area contributed by atoms with Crippen molar-refractivity contribution in [2.75, 3.05) is 31.1 Å². The number of nitrogens with one attached hydrogen (secondary N) is 1. The van der Waals surface area contributed by atoms with Crippen LogP contribution < -0.4 is 15.0 Å². The van der Waals surface area contributed by atoms with Gasteiger partial charge in [0.15, 0.2) is 0 Å². The van der Waals surface area contributed by atoms with E-state index in [1.807, 2.05) is 30.3 Å². The molecule has 2 aromatic rings. The van der Waals surface area contributed by atoms with Crippen molar-refractivity contribution in [3.63, 3.8) is 0 Å². The van der Waals surface area contributed by atoms with Gasteiger partial charge in [-0.2, -0.15) is 0 Å². The molecule has 20 heavy (non-hydrogen) atoms. The number of aromatic nitrogens is 1. The molecule has 0 atom stereocenters. The maximum absolute atomic E-state index is 5.82. The van der Waals surface area contributed by atoms with Gasteiger partial charge in [-0.15, -0.1) is 0 Å². The molecule has 3 rings (SSSR count). The highest BCUT2D eigenvalue weighted by atomic mass is 16.5. The first-order valence-electron chi connectivity index (χ1n) is 7.00. The van der Waals surface area contributed by atoms with Gasteiger partial charge in [-0.1, -0.05) is 12.1 Å². The van der Waals surface area contributed by atoms with Crippen molar-refractivity contribution in [2.24, 2.45) is 0 Å². The summed E-state index contributed by atoms with van der Waals surface area (Å²) in [6, 6.07) is 14.1. The van der Waals surface area contributed by atoms with Crippen molar-refractivity contribution in [1.82, 2.24) is 10.3 Å². The van der Waals surface area contributed by atoms with Crippen molar-refractivity contribution in [3.8, 4) is 5.75 Å². The maximum Gasteiger partial charge on any atom is 0.130 e. The molecular weight excluding hydrogens is 250 g/mol. The van der Waals surface area contributed by atoms with Crippen LogP contribution in [0, 0.1) is 0 Å². The smallest absolute Gasteiger partial charge is 0.130 e. The molecule has 2 heterocycles. The molecule has 1 aromatic carbocycles. The fourth-order valence-electron chi connectivity index (χ4n) is 2.33. The van der Waals surface area contributed by atoms with E-state index < -0.39 is 0 Å². The van der Waals surface area contributed by atoms with E-state index in [1.165, 1.54) is 5.69 Å². The molecule has 1 N–H and O–H groups in total. The first-order chi connectivity index (χ1) is 9.92. The van der Waals surface area contributed by atoms with Crippen molar-refractivity contribution in [2.45, 2.75) is 6.61 Å². The molecule has 1 fully saturated rings. The summed E-state index contributed by atoms with van der Waals surface area (Å²) in [5, 5.41) is 3.36. The number of piperazine rings is 1. The van der Waals surface area contributed by atoms with Gasteiger partial charge in [0.2, 0.25) is 0 Å². The zero-order chi connectivity index (χ0) is 13.6. The van der Waals surface area contributed by atoms with Crippen molar-refractivity contribution < 1.29 is 4.74 Å². The van der Waals surface area contributed by atoms with E-state index in [2.05, 4.69) is 27.3 Å². The minimum atomic E-state index is 0.506. The Balaban J connectivity index is 1.65. The quantitative estimate of drug-likeness (QED) is 0.922. The van der Waals surface area contributed by atoms with Crippen LogP contribution >= 0.6 is 0 Å². The molecule has 1 aromatic heterocycles. The van der Waals surface area contributed by atoms with Crippen LogP contribution in [0.25, 0.3) is 0 Å². The van der Waals surface area contributed by atoms with Crippen molar-refractivity contribution >= 4 is 5.69 Å². The number of nitrogens with zero attached hydrogens (tertiary/aromatic N) is 2. The van der Waals surface area contributed by atoms with E-state index in [-0.39, 0.29) is 0 Å². The number of rotatable bonds is 4. The Kier molecular flexibility index (Phi) is 4.13. The zero-order valence-electron chi connectivity index (χ0n) is 11.5. The molecule has 1 aliphatic heterocycles. The predicted molar refractivity (Wildman–Crippen MR) is 80.1 cm³/mol. The summed E-state index contributed by atoms with van der Waals surface area (Å²) in [5.41, 5.74) is 2.17. The second kappa shape index (κ2) is 6.39. The third-order valence-corrected chi connectivity index (χ3v) is 3.41. The Bertz CT molecular complexity index is 538. The van der Waals surface area contributed by atoms with E-state index >= 15 is 0 Å². The first-order valence-corrected chi connectivity index (χ1v) is 7.00. The van der Waals surface area contributed by atoms with Crippen LogP contribution in [0.15, 0.2) is 48.7 Å². The van der Waals surface area contributed by atoms with E-state index in [1.54, 1.807) is 6.20 Å². The molecule has 0 spiro atoms. The van der Waals surface area contributed by atoms with Crippen LogP contribution in [0.4, 0.5) is 5.69 Å². The summed E-state index contributed by atoms with van der Waals surface area (Å²) < 4.78 is 5.82. The summed E-state index contributed by atoms with van der Waals surface area (Å²) in [6.07, 6.45) is 1.79. The average Bonchev–Trinajstić information content (AvgIpc) is 2.55. The van der Waals surface area contributed by atoms with E-state index in [9.17, 15) is 0 Å². The fourth-order valence-corrected chi connectivity index (χ4v) is 2.33. The number of pyridine rings is 1. The Morgan fingerprint density at radius 1 is 1.10 bits per heavy atom. The van der Waals surface area contributed by atoms with E-state index in [4.69, 9.17) is 4.74 Å². The first kappa shape index (κ1) is 12.9. The van der Waals surface area contributed by atoms with Gasteiger partial charge >= 0.3 is 0 Å². The average molecular weight is 269 g/mol. The van der Waals surface area contributed by atoms with Gasteiger partial charge in [0.05, 0.1) is 5.69 Å². The van der Waals surface area contributed by atoms with Gasteiger partial charge in [-0.25, -0.2) is 0 Å². The maximum atomic E-state index is 5.82. The summed E-state index contributed by atoms with van der Waals surface area (Å²) >= 11 is 0. The topological polar surface area (TPSA) is 37.4 Å². The lowest BCUT2D eigenvalue weighted by Crippen LogP contribution is -2.43. The predicted octanol–water partition coefficient (Wildman–Crippen LogP) is 2.07. The lowest BCUT2D eigenvalue weighted by atomic mass is 10.2. The van der Waals surface area contributed by atoms with E-state index in [0.717, 1.165) is 37.6 Å². The summed E-state index contributed by atoms with van der Waals surface area (Å²) in [6.45, 7) is 4.68. The van der Waals surface area contributed by atoms with Crippen LogP contribution in [-0.2, 0) is 6.61 Å². The third-order valence-electron chi connectivity index (χ3n) is 3.41. The number of hydrogen-bond acceptors (Lipinski definition) is 4. The molecule has 4 heteroatoms. The largest absolute Gasteiger partial charge is 0.487 e. The lowest BCUT2D eigenvalue weighted by Gasteiger charge is -2.29. The number of hydrogen-bond donors (Lipinski definition) is 1. The minimum Gasteiger partial charge on any atom is -0.487 e. The fraction of sp³-hybridized carbons (Fsp3) is 0.312. The molecule has 104 valence electrons. The van der Waals surface area contributed by atoms with Gasteiger partial charge in [-0.3, -0.25) is 4.98 Å². The molecule has 0 aliphatic carbocycles. The highest BCUT2D eigenvalue weighted by Crippen LogP contribution is 2.22. The molecule has 1 saturated heterocycles. The van der Waals surface area contributed by atoms with Crippen molar-refractivity contribution in [1.29, 1.82) is 0 Å². The molecule has 0 amide bonds. The molecule has 0 bridgehead atoms. The Labute approximate surface area is 119 Å². The highest BCUT2D eigenvalue weighted by molar-refractivity contribution is 5.51. The summed E-state index contributed by atoms with van der Waals surface area (Å²) in [7, 11) is 0. The van der Waals surface area contributed by atoms with Crippen LogP contribution in [0.5, 0.6) is 5.75 Å². The van der Waals surface area contributed by atoms with Crippen LogP contribution in [0.1, 0.15) is 5.69 Å². The molecule has 1 aliphatic rings. The number of anilines is 1. The molecule has 0 saturated carbocycles. The zero-order valence-corrected chi connectivity index (χ0v) is 11.5. The lowest BCUT2D eigenvalue weighted by molar-refractivity contribution is 0.301. The second-order valence-corrected chi connectivity index (χ2v) is 4.84.